The van der Waals surface area contributed by atoms with E-state index in [2.05, 4.69) is 76.9 Å². The quantitative estimate of drug-likeness (QED) is 0.239. The number of rotatable bonds is 7. The topological polar surface area (TPSA) is 9.23 Å². The molecule has 0 bridgehead atoms. The average Bonchev–Trinajstić information content (AvgIpc) is 2.23. The van der Waals surface area contributed by atoms with Gasteiger partial charge in [-0.25, -0.2) is 0 Å². The lowest BCUT2D eigenvalue weighted by Gasteiger charge is -2.36. The van der Waals surface area contributed by atoms with Crippen LogP contribution in [0, 0.1) is 11.8 Å². The minimum atomic E-state index is -1.62. The van der Waals surface area contributed by atoms with Gasteiger partial charge < -0.3 is 4.43 Å². The van der Waals surface area contributed by atoms with Gasteiger partial charge in [0.05, 0.1) is 6.61 Å². The van der Waals surface area contributed by atoms with Gasteiger partial charge in [-0.3, -0.25) is 0 Å². The summed E-state index contributed by atoms with van der Waals surface area (Å²) in [5.41, 5.74) is 1.26. The highest BCUT2D eigenvalue weighted by Crippen LogP contribution is 2.37. The lowest BCUT2D eigenvalue weighted by molar-refractivity contribution is 0.301. The minimum absolute atomic E-state index is 0.284. The Bertz CT molecular complexity index is 268. The van der Waals surface area contributed by atoms with Gasteiger partial charge >= 0.3 is 0 Å². The summed E-state index contributed by atoms with van der Waals surface area (Å²) in [4.78, 5) is 0. The summed E-state index contributed by atoms with van der Waals surface area (Å²) in [6.07, 6.45) is 1.22. The molecule has 0 saturated heterocycles. The monoisotopic (exact) mass is 382 g/mol. The molecular formula is C15H31IOSi. The first-order valence-electron chi connectivity index (χ1n) is 6.89. The first-order valence-corrected chi connectivity index (χ1v) is 11.3. The van der Waals surface area contributed by atoms with Crippen LogP contribution in [0.5, 0.6) is 0 Å². The summed E-state index contributed by atoms with van der Waals surface area (Å²) in [7, 11) is -1.62. The van der Waals surface area contributed by atoms with Crippen LogP contribution >= 0.6 is 22.6 Å². The second-order valence-electron chi connectivity index (χ2n) is 7.10. The molecule has 18 heavy (non-hydrogen) atoms. The second kappa shape index (κ2) is 7.43. The molecule has 0 aliphatic rings. The zero-order valence-corrected chi connectivity index (χ0v) is 16.4. The van der Waals surface area contributed by atoms with Gasteiger partial charge in [0.1, 0.15) is 0 Å². The summed E-state index contributed by atoms with van der Waals surface area (Å²) < 4.78 is 7.45. The van der Waals surface area contributed by atoms with Crippen molar-refractivity contribution < 1.29 is 4.43 Å². The molecule has 0 aromatic heterocycles. The van der Waals surface area contributed by atoms with Gasteiger partial charge in [0.2, 0.25) is 0 Å². The fourth-order valence-electron chi connectivity index (χ4n) is 1.47. The molecule has 0 heterocycles. The summed E-state index contributed by atoms with van der Waals surface area (Å²) >= 11 is 2.46. The molecule has 0 saturated carbocycles. The molecule has 0 aromatic carbocycles. The molecule has 1 nitrogen and oxygen atoms in total. The third-order valence-electron chi connectivity index (χ3n) is 4.14. The Kier molecular flexibility index (Phi) is 7.70. The van der Waals surface area contributed by atoms with Gasteiger partial charge in [0.25, 0.3) is 0 Å². The molecule has 3 heteroatoms. The van der Waals surface area contributed by atoms with Crippen LogP contribution in [0.1, 0.15) is 41.0 Å². The normalized spacial score (nSPS) is 16.4. The van der Waals surface area contributed by atoms with Gasteiger partial charge in [-0.15, -0.1) is 0 Å². The number of hydrogen-bond donors (Lipinski definition) is 0. The summed E-state index contributed by atoms with van der Waals surface area (Å²) in [5, 5.41) is 0.284. The molecule has 0 aliphatic carbocycles. The van der Waals surface area contributed by atoms with Crippen molar-refractivity contribution in [2.75, 3.05) is 11.0 Å². The van der Waals surface area contributed by atoms with E-state index in [4.69, 9.17) is 4.43 Å². The Morgan fingerprint density at radius 2 is 1.78 bits per heavy atom. The maximum atomic E-state index is 6.23. The number of hydrogen-bond acceptors (Lipinski definition) is 1. The third-order valence-corrected chi connectivity index (χ3v) is 10.1. The van der Waals surface area contributed by atoms with Crippen LogP contribution in [-0.2, 0) is 4.43 Å². The van der Waals surface area contributed by atoms with Crippen molar-refractivity contribution in [1.29, 1.82) is 0 Å². The highest BCUT2D eigenvalue weighted by Gasteiger charge is 2.37. The Hall–Kier alpha value is 0.647. The molecule has 0 unspecified atom stereocenters. The predicted octanol–water partition coefficient (Wildman–Crippen LogP) is 5.66. The lowest BCUT2D eigenvalue weighted by atomic mass is 9.93. The van der Waals surface area contributed by atoms with Crippen molar-refractivity contribution in [3.8, 4) is 0 Å². The van der Waals surface area contributed by atoms with Crippen LogP contribution in [0.25, 0.3) is 0 Å². The van der Waals surface area contributed by atoms with E-state index >= 15 is 0 Å². The molecule has 0 spiro atoms. The predicted molar refractivity (Wildman–Crippen MR) is 94.1 cm³/mol. The van der Waals surface area contributed by atoms with E-state index in [9.17, 15) is 0 Å². The first kappa shape index (κ1) is 18.6. The molecule has 0 amide bonds. The van der Waals surface area contributed by atoms with E-state index in [0.29, 0.717) is 5.92 Å². The van der Waals surface area contributed by atoms with Gasteiger partial charge in [-0.05, 0) is 36.4 Å². The van der Waals surface area contributed by atoms with Crippen LogP contribution in [0.2, 0.25) is 18.1 Å². The maximum absolute atomic E-state index is 6.23. The molecule has 0 rings (SSSR count). The Balaban J connectivity index is 4.26. The summed E-state index contributed by atoms with van der Waals surface area (Å²) in [6, 6.07) is 0. The number of alkyl halides is 1. The zero-order valence-electron chi connectivity index (χ0n) is 13.3. The molecule has 0 radical (unpaired) electrons. The van der Waals surface area contributed by atoms with E-state index in [-0.39, 0.29) is 5.04 Å². The highest BCUT2D eigenvalue weighted by atomic mass is 127. The van der Waals surface area contributed by atoms with Crippen molar-refractivity contribution in [2.45, 2.75) is 59.2 Å². The molecule has 108 valence electrons. The lowest BCUT2D eigenvalue weighted by Crippen LogP contribution is -2.41. The SMILES string of the molecule is C=C(CO[Si](C)(C)C(C)(C)C)[C@@H](C)C[C@H](C)CI. The van der Waals surface area contributed by atoms with Crippen molar-refractivity contribution >= 4 is 30.9 Å². The van der Waals surface area contributed by atoms with Crippen molar-refractivity contribution in [2.24, 2.45) is 11.8 Å². The smallest absolute Gasteiger partial charge is 0.192 e. The van der Waals surface area contributed by atoms with Crippen LogP contribution in [-0.4, -0.2) is 19.4 Å². The zero-order chi connectivity index (χ0) is 14.6. The molecule has 0 N–H and O–H groups in total. The molecule has 2 atom stereocenters. The second-order valence-corrected chi connectivity index (χ2v) is 12.8. The van der Waals surface area contributed by atoms with Crippen molar-refractivity contribution in [3.05, 3.63) is 12.2 Å². The maximum Gasteiger partial charge on any atom is 0.192 e. The third kappa shape index (κ3) is 6.20. The number of halogens is 1. The summed E-state index contributed by atoms with van der Waals surface area (Å²) in [5.74, 6) is 1.34. The molecular weight excluding hydrogens is 351 g/mol. The van der Waals surface area contributed by atoms with Crippen molar-refractivity contribution in [1.82, 2.24) is 0 Å². The fraction of sp³-hybridized carbons (Fsp3) is 0.867. The molecule has 0 aromatic rings. The standard InChI is InChI=1S/C15H31IOSi/c1-12(10-16)9-13(2)14(3)11-17-18(7,8)15(4,5)6/h12-13H,3,9-11H2,1-2,4-8H3/t12-,13-/m0/s1. The largest absolute Gasteiger partial charge is 0.413 e. The van der Waals surface area contributed by atoms with Gasteiger partial charge in [0, 0.05) is 4.43 Å². The Labute approximate surface area is 129 Å². The molecule has 0 fully saturated rings. The van der Waals surface area contributed by atoms with E-state index in [1.54, 1.807) is 0 Å². The van der Waals surface area contributed by atoms with Crippen LogP contribution in [0.4, 0.5) is 0 Å². The van der Waals surface area contributed by atoms with Gasteiger partial charge in [-0.1, -0.05) is 69.4 Å². The Morgan fingerprint density at radius 1 is 1.28 bits per heavy atom. The van der Waals surface area contributed by atoms with Crippen LogP contribution < -0.4 is 0 Å². The fourth-order valence-corrected chi connectivity index (χ4v) is 2.80. The van der Waals surface area contributed by atoms with Crippen molar-refractivity contribution in [3.63, 3.8) is 0 Å². The highest BCUT2D eigenvalue weighted by molar-refractivity contribution is 14.1. The van der Waals surface area contributed by atoms with Crippen LogP contribution in [0.15, 0.2) is 12.2 Å². The van der Waals surface area contributed by atoms with Gasteiger partial charge in [0.15, 0.2) is 8.32 Å². The summed E-state index contributed by atoms with van der Waals surface area (Å²) in [6.45, 7) is 21.0. The van der Waals surface area contributed by atoms with Gasteiger partial charge in [-0.2, -0.15) is 0 Å². The average molecular weight is 382 g/mol. The van der Waals surface area contributed by atoms with E-state index in [0.717, 1.165) is 12.5 Å². The van der Waals surface area contributed by atoms with E-state index in [1.807, 2.05) is 0 Å². The molecule has 0 aliphatic heterocycles. The van der Waals surface area contributed by atoms with E-state index in [1.165, 1.54) is 16.4 Å². The Morgan fingerprint density at radius 3 is 2.17 bits per heavy atom. The van der Waals surface area contributed by atoms with E-state index < -0.39 is 8.32 Å². The minimum Gasteiger partial charge on any atom is -0.413 e. The van der Waals surface area contributed by atoms with Crippen LogP contribution in [0.3, 0.4) is 0 Å². The first-order chi connectivity index (χ1) is 8.01.